The summed E-state index contributed by atoms with van der Waals surface area (Å²) in [6.45, 7) is 9.85. The molecule has 2 atom stereocenters. The van der Waals surface area contributed by atoms with Crippen LogP contribution in [0.1, 0.15) is 53.4 Å². The predicted octanol–water partition coefficient (Wildman–Crippen LogP) is 4.62. The molecule has 0 aromatic rings. The Kier molecular flexibility index (Phi) is 2.35. The van der Waals surface area contributed by atoms with Gasteiger partial charge in [0.2, 0.25) is 0 Å². The third kappa shape index (κ3) is 1.31. The second kappa shape index (κ2) is 2.99. The summed E-state index contributed by atoms with van der Waals surface area (Å²) in [6, 6.07) is 0. The maximum atomic E-state index is 3.70. The second-order valence-corrected chi connectivity index (χ2v) is 7.43. The SMILES string of the molecule is CC1(C)CCCC2(C1)C(CBr)C2(C)C. The summed E-state index contributed by atoms with van der Waals surface area (Å²) in [5.74, 6) is 0.926. The van der Waals surface area contributed by atoms with E-state index < -0.39 is 0 Å². The molecule has 2 saturated carbocycles. The van der Waals surface area contributed by atoms with E-state index in [0.29, 0.717) is 16.2 Å². The summed E-state index contributed by atoms with van der Waals surface area (Å²) >= 11 is 3.70. The molecular weight excluding hydrogens is 236 g/mol. The maximum absolute atomic E-state index is 3.70. The average molecular weight is 259 g/mol. The number of hydrogen-bond acceptors (Lipinski definition) is 0. The van der Waals surface area contributed by atoms with Gasteiger partial charge in [0, 0.05) is 5.33 Å². The standard InChI is InChI=1S/C13H23Br/c1-11(2)6-5-7-13(9-11)10(8-14)12(13,3)4/h10H,5-9H2,1-4H3. The van der Waals surface area contributed by atoms with Crippen molar-refractivity contribution in [2.24, 2.45) is 22.2 Å². The van der Waals surface area contributed by atoms with Gasteiger partial charge in [-0.2, -0.15) is 0 Å². The highest BCUT2D eigenvalue weighted by molar-refractivity contribution is 9.09. The van der Waals surface area contributed by atoms with Crippen LogP contribution in [0.3, 0.4) is 0 Å². The maximum Gasteiger partial charge on any atom is 0.00704 e. The van der Waals surface area contributed by atoms with E-state index in [-0.39, 0.29) is 0 Å². The summed E-state index contributed by atoms with van der Waals surface area (Å²) in [5.41, 5.74) is 1.86. The fourth-order valence-corrected chi connectivity index (χ4v) is 5.59. The lowest BCUT2D eigenvalue weighted by atomic mass is 9.67. The minimum atomic E-state index is 0.590. The van der Waals surface area contributed by atoms with Crippen LogP contribution in [0.5, 0.6) is 0 Å². The molecule has 0 heterocycles. The Balaban J connectivity index is 2.19. The van der Waals surface area contributed by atoms with Gasteiger partial charge in [0.25, 0.3) is 0 Å². The van der Waals surface area contributed by atoms with Gasteiger partial charge in [-0.3, -0.25) is 0 Å². The normalized spacial score (nSPS) is 43.9. The van der Waals surface area contributed by atoms with Crippen LogP contribution in [0.4, 0.5) is 0 Å². The molecular formula is C13H23Br. The molecule has 2 rings (SSSR count). The molecule has 14 heavy (non-hydrogen) atoms. The highest BCUT2D eigenvalue weighted by Crippen LogP contribution is 2.76. The minimum Gasteiger partial charge on any atom is -0.0925 e. The monoisotopic (exact) mass is 258 g/mol. The van der Waals surface area contributed by atoms with Gasteiger partial charge in [-0.25, -0.2) is 0 Å². The van der Waals surface area contributed by atoms with Crippen molar-refractivity contribution in [1.29, 1.82) is 0 Å². The first-order valence-corrected chi connectivity index (χ1v) is 7.04. The highest BCUT2D eigenvalue weighted by atomic mass is 79.9. The number of alkyl halides is 1. The van der Waals surface area contributed by atoms with Gasteiger partial charge >= 0.3 is 0 Å². The van der Waals surface area contributed by atoms with Crippen LogP contribution in [-0.2, 0) is 0 Å². The lowest BCUT2D eigenvalue weighted by Crippen LogP contribution is -2.27. The second-order valence-electron chi connectivity index (χ2n) is 6.78. The van der Waals surface area contributed by atoms with E-state index in [4.69, 9.17) is 0 Å². The number of rotatable bonds is 1. The Morgan fingerprint density at radius 2 is 1.79 bits per heavy atom. The molecule has 0 N–H and O–H groups in total. The summed E-state index contributed by atoms with van der Waals surface area (Å²) in [4.78, 5) is 0. The first-order valence-electron chi connectivity index (χ1n) is 5.92. The van der Waals surface area contributed by atoms with Crippen LogP contribution in [0.2, 0.25) is 0 Å². The zero-order chi connectivity index (χ0) is 10.6. The lowest BCUT2D eigenvalue weighted by molar-refractivity contribution is 0.132. The quantitative estimate of drug-likeness (QED) is 0.602. The molecule has 0 radical (unpaired) electrons. The van der Waals surface area contributed by atoms with Crippen molar-refractivity contribution in [2.45, 2.75) is 53.4 Å². The van der Waals surface area contributed by atoms with Gasteiger partial charge in [0.05, 0.1) is 0 Å². The van der Waals surface area contributed by atoms with Crippen molar-refractivity contribution in [3.05, 3.63) is 0 Å². The van der Waals surface area contributed by atoms with E-state index >= 15 is 0 Å². The lowest BCUT2D eigenvalue weighted by Gasteiger charge is -2.38. The van der Waals surface area contributed by atoms with Crippen LogP contribution < -0.4 is 0 Å². The first-order chi connectivity index (χ1) is 6.36. The van der Waals surface area contributed by atoms with Gasteiger partial charge in [-0.05, 0) is 41.4 Å². The fraction of sp³-hybridized carbons (Fsp3) is 1.00. The Labute approximate surface area is 97.0 Å². The Morgan fingerprint density at radius 3 is 2.21 bits per heavy atom. The molecule has 2 fully saturated rings. The fourth-order valence-electron chi connectivity index (χ4n) is 4.16. The highest BCUT2D eigenvalue weighted by Gasteiger charge is 2.70. The van der Waals surface area contributed by atoms with Gasteiger partial charge in [-0.1, -0.05) is 50.0 Å². The van der Waals surface area contributed by atoms with E-state index in [2.05, 4.69) is 43.6 Å². The van der Waals surface area contributed by atoms with Crippen molar-refractivity contribution in [2.75, 3.05) is 5.33 Å². The molecule has 2 aliphatic rings. The van der Waals surface area contributed by atoms with Gasteiger partial charge < -0.3 is 0 Å². The molecule has 0 nitrogen and oxygen atoms in total. The zero-order valence-corrected chi connectivity index (χ0v) is 11.6. The van der Waals surface area contributed by atoms with Crippen LogP contribution in [0.25, 0.3) is 0 Å². The third-order valence-electron chi connectivity index (χ3n) is 5.16. The summed E-state index contributed by atoms with van der Waals surface area (Å²) < 4.78 is 0. The topological polar surface area (TPSA) is 0 Å². The minimum absolute atomic E-state index is 0.590. The van der Waals surface area contributed by atoms with Crippen molar-refractivity contribution in [3.8, 4) is 0 Å². The Bertz CT molecular complexity index is 242. The van der Waals surface area contributed by atoms with E-state index in [0.717, 1.165) is 5.92 Å². The summed E-state index contributed by atoms with van der Waals surface area (Å²) in [5, 5.41) is 1.20. The number of halogens is 1. The molecule has 0 saturated heterocycles. The molecule has 1 spiro atoms. The van der Waals surface area contributed by atoms with Crippen molar-refractivity contribution < 1.29 is 0 Å². The molecule has 1 heteroatoms. The Hall–Kier alpha value is 0.480. The van der Waals surface area contributed by atoms with E-state index in [9.17, 15) is 0 Å². The van der Waals surface area contributed by atoms with Gasteiger partial charge in [-0.15, -0.1) is 0 Å². The molecule has 0 aromatic carbocycles. The predicted molar refractivity (Wildman–Crippen MR) is 65.7 cm³/mol. The van der Waals surface area contributed by atoms with E-state index in [1.54, 1.807) is 0 Å². The van der Waals surface area contributed by atoms with Crippen molar-refractivity contribution in [1.82, 2.24) is 0 Å². The zero-order valence-electron chi connectivity index (χ0n) is 9.99. The average Bonchev–Trinajstić information content (AvgIpc) is 2.44. The van der Waals surface area contributed by atoms with Crippen molar-refractivity contribution in [3.63, 3.8) is 0 Å². The van der Waals surface area contributed by atoms with Crippen LogP contribution >= 0.6 is 15.9 Å². The smallest absolute Gasteiger partial charge is 0.00704 e. The molecule has 2 unspecified atom stereocenters. The largest absolute Gasteiger partial charge is 0.0925 e. The summed E-state index contributed by atoms with van der Waals surface area (Å²) in [6.07, 6.45) is 5.79. The van der Waals surface area contributed by atoms with Gasteiger partial charge in [0.1, 0.15) is 0 Å². The molecule has 82 valence electrons. The van der Waals surface area contributed by atoms with Crippen molar-refractivity contribution >= 4 is 15.9 Å². The molecule has 0 bridgehead atoms. The van der Waals surface area contributed by atoms with Crippen LogP contribution in [-0.4, -0.2) is 5.33 Å². The molecule has 0 amide bonds. The van der Waals surface area contributed by atoms with E-state index in [1.807, 2.05) is 0 Å². The Morgan fingerprint density at radius 1 is 1.14 bits per heavy atom. The van der Waals surface area contributed by atoms with Gasteiger partial charge in [0.15, 0.2) is 0 Å². The summed E-state index contributed by atoms with van der Waals surface area (Å²) in [7, 11) is 0. The molecule has 2 aliphatic carbocycles. The van der Waals surface area contributed by atoms with Crippen LogP contribution in [0.15, 0.2) is 0 Å². The van der Waals surface area contributed by atoms with Crippen LogP contribution in [0, 0.1) is 22.2 Å². The van der Waals surface area contributed by atoms with E-state index in [1.165, 1.54) is 31.0 Å². The molecule has 0 aromatic heterocycles. The molecule has 0 aliphatic heterocycles. The first kappa shape index (κ1) is 11.0. The third-order valence-corrected chi connectivity index (χ3v) is 5.81. The number of hydrogen-bond donors (Lipinski definition) is 0.